The topological polar surface area (TPSA) is 67.4 Å². The number of halogens is 1. The lowest BCUT2D eigenvalue weighted by Gasteiger charge is -2.18. The predicted molar refractivity (Wildman–Crippen MR) is 80.0 cm³/mol. The Kier molecular flexibility index (Phi) is 3.50. The van der Waals surface area contributed by atoms with Crippen molar-refractivity contribution in [2.24, 2.45) is 0 Å². The van der Waals surface area contributed by atoms with Gasteiger partial charge in [-0.2, -0.15) is 0 Å². The largest absolute Gasteiger partial charge is 0.482 e. The van der Waals surface area contributed by atoms with Crippen molar-refractivity contribution >= 4 is 34.8 Å². The van der Waals surface area contributed by atoms with Gasteiger partial charge in [-0.1, -0.05) is 23.7 Å². The summed E-state index contributed by atoms with van der Waals surface area (Å²) in [5.41, 5.74) is 1.54. The molecule has 2 aromatic carbocycles. The normalized spacial score (nSPS) is 12.9. The van der Waals surface area contributed by atoms with E-state index in [9.17, 15) is 9.59 Å². The first-order valence-corrected chi connectivity index (χ1v) is 6.64. The van der Waals surface area contributed by atoms with E-state index >= 15 is 0 Å². The summed E-state index contributed by atoms with van der Waals surface area (Å²) < 4.78 is 5.30. The highest BCUT2D eigenvalue weighted by Crippen LogP contribution is 2.30. The van der Waals surface area contributed by atoms with Gasteiger partial charge in [-0.3, -0.25) is 9.59 Å². The summed E-state index contributed by atoms with van der Waals surface area (Å²) >= 11 is 5.98. The number of ether oxygens (including phenoxy) is 1. The summed E-state index contributed by atoms with van der Waals surface area (Å²) in [6.07, 6.45) is 0. The number of amides is 2. The first-order valence-electron chi connectivity index (χ1n) is 6.26. The molecule has 1 aliphatic heterocycles. The summed E-state index contributed by atoms with van der Waals surface area (Å²) in [6.45, 7) is -0.0328. The van der Waals surface area contributed by atoms with Crippen LogP contribution >= 0.6 is 11.6 Å². The fraction of sp³-hybridized carbons (Fsp3) is 0.0667. The number of carbonyl (C=O) groups excluding carboxylic acids is 2. The molecular formula is C15H11ClN2O3. The van der Waals surface area contributed by atoms with E-state index in [1.165, 1.54) is 0 Å². The maximum Gasteiger partial charge on any atom is 0.262 e. The molecule has 6 heteroatoms. The van der Waals surface area contributed by atoms with Gasteiger partial charge >= 0.3 is 0 Å². The fourth-order valence-electron chi connectivity index (χ4n) is 2.00. The Morgan fingerprint density at radius 1 is 1.24 bits per heavy atom. The minimum Gasteiger partial charge on any atom is -0.482 e. The molecule has 0 atom stereocenters. The van der Waals surface area contributed by atoms with Gasteiger partial charge in [0.2, 0.25) is 0 Å². The summed E-state index contributed by atoms with van der Waals surface area (Å²) in [6, 6.07) is 11.8. The van der Waals surface area contributed by atoms with Gasteiger partial charge in [0.1, 0.15) is 5.75 Å². The van der Waals surface area contributed by atoms with Crippen LogP contribution < -0.4 is 15.4 Å². The molecule has 0 saturated carbocycles. The first-order chi connectivity index (χ1) is 10.1. The van der Waals surface area contributed by atoms with Crippen LogP contribution in [0, 0.1) is 0 Å². The average molecular weight is 303 g/mol. The van der Waals surface area contributed by atoms with Crippen LogP contribution in [-0.2, 0) is 4.79 Å². The summed E-state index contributed by atoms with van der Waals surface area (Å²) in [4.78, 5) is 23.3. The van der Waals surface area contributed by atoms with Crippen molar-refractivity contribution in [3.63, 3.8) is 0 Å². The van der Waals surface area contributed by atoms with E-state index in [4.69, 9.17) is 16.3 Å². The molecule has 0 bridgehead atoms. The van der Waals surface area contributed by atoms with Crippen LogP contribution in [-0.4, -0.2) is 18.4 Å². The maximum absolute atomic E-state index is 12.1. The quantitative estimate of drug-likeness (QED) is 0.896. The molecule has 2 aromatic rings. The number of carbonyl (C=O) groups is 2. The number of benzene rings is 2. The van der Waals surface area contributed by atoms with Crippen molar-refractivity contribution in [3.05, 3.63) is 53.1 Å². The van der Waals surface area contributed by atoms with E-state index in [0.29, 0.717) is 27.7 Å². The molecule has 2 N–H and O–H groups in total. The second kappa shape index (κ2) is 5.46. The Balaban J connectivity index is 1.81. The van der Waals surface area contributed by atoms with Gasteiger partial charge in [-0.05, 0) is 24.3 Å². The predicted octanol–water partition coefficient (Wildman–Crippen LogP) is 2.92. The van der Waals surface area contributed by atoms with Crippen molar-refractivity contribution in [2.75, 3.05) is 17.2 Å². The van der Waals surface area contributed by atoms with Crippen molar-refractivity contribution < 1.29 is 14.3 Å². The smallest absolute Gasteiger partial charge is 0.262 e. The molecule has 3 rings (SSSR count). The summed E-state index contributed by atoms with van der Waals surface area (Å²) in [5.74, 6) is 0.0160. The van der Waals surface area contributed by atoms with Gasteiger partial charge in [0.05, 0.1) is 16.3 Å². The molecule has 2 amide bonds. The maximum atomic E-state index is 12.1. The molecule has 0 aliphatic carbocycles. The zero-order valence-corrected chi connectivity index (χ0v) is 11.6. The highest BCUT2D eigenvalue weighted by Gasteiger charge is 2.17. The SMILES string of the molecule is O=C1COc2cc(NC(=O)c3ccccc3Cl)ccc2N1. The Hall–Kier alpha value is -2.53. The lowest BCUT2D eigenvalue weighted by atomic mass is 10.2. The van der Waals surface area contributed by atoms with Gasteiger partial charge in [0.25, 0.3) is 11.8 Å². The standard InChI is InChI=1S/C15H11ClN2O3/c16-11-4-2-1-3-10(11)15(20)17-9-5-6-12-13(7-9)21-8-14(19)18-12/h1-7H,8H2,(H,17,20)(H,18,19). The molecular weight excluding hydrogens is 292 g/mol. The molecule has 0 fully saturated rings. The minimum atomic E-state index is -0.305. The van der Waals surface area contributed by atoms with Crippen LogP contribution in [0.15, 0.2) is 42.5 Å². The molecule has 0 saturated heterocycles. The highest BCUT2D eigenvalue weighted by atomic mass is 35.5. The van der Waals surface area contributed by atoms with E-state index in [1.54, 1.807) is 42.5 Å². The number of hydrogen-bond acceptors (Lipinski definition) is 3. The average Bonchev–Trinajstić information content (AvgIpc) is 2.48. The van der Waals surface area contributed by atoms with Crippen LogP contribution in [0.1, 0.15) is 10.4 Å². The number of hydrogen-bond donors (Lipinski definition) is 2. The van der Waals surface area contributed by atoms with E-state index in [2.05, 4.69) is 10.6 Å². The van der Waals surface area contributed by atoms with E-state index < -0.39 is 0 Å². The zero-order valence-electron chi connectivity index (χ0n) is 10.9. The van der Waals surface area contributed by atoms with Crippen LogP contribution in [0.25, 0.3) is 0 Å². The zero-order chi connectivity index (χ0) is 14.8. The Labute approximate surface area is 125 Å². The minimum absolute atomic E-state index is 0.0328. The number of rotatable bonds is 2. The van der Waals surface area contributed by atoms with Crippen molar-refractivity contribution in [3.8, 4) is 5.75 Å². The number of fused-ring (bicyclic) bond motifs is 1. The Morgan fingerprint density at radius 3 is 2.86 bits per heavy atom. The van der Waals surface area contributed by atoms with E-state index in [1.807, 2.05) is 0 Å². The van der Waals surface area contributed by atoms with E-state index in [0.717, 1.165) is 0 Å². The molecule has 1 aliphatic rings. The second-order valence-electron chi connectivity index (χ2n) is 4.48. The Morgan fingerprint density at radius 2 is 2.05 bits per heavy atom. The summed E-state index contributed by atoms with van der Waals surface area (Å²) in [7, 11) is 0. The molecule has 0 spiro atoms. The van der Waals surface area contributed by atoms with Gasteiger partial charge in [0.15, 0.2) is 6.61 Å². The van der Waals surface area contributed by atoms with Gasteiger partial charge in [0, 0.05) is 11.8 Å². The number of anilines is 2. The lowest BCUT2D eigenvalue weighted by molar-refractivity contribution is -0.118. The second-order valence-corrected chi connectivity index (χ2v) is 4.89. The third-order valence-electron chi connectivity index (χ3n) is 2.99. The van der Waals surface area contributed by atoms with Crippen LogP contribution in [0.4, 0.5) is 11.4 Å². The molecule has 5 nitrogen and oxygen atoms in total. The van der Waals surface area contributed by atoms with Crippen LogP contribution in [0.5, 0.6) is 5.75 Å². The highest BCUT2D eigenvalue weighted by molar-refractivity contribution is 6.34. The molecule has 0 unspecified atom stereocenters. The van der Waals surface area contributed by atoms with Crippen molar-refractivity contribution in [1.82, 2.24) is 0 Å². The van der Waals surface area contributed by atoms with Gasteiger partial charge < -0.3 is 15.4 Å². The van der Waals surface area contributed by atoms with E-state index in [-0.39, 0.29) is 18.4 Å². The molecule has 0 radical (unpaired) electrons. The van der Waals surface area contributed by atoms with Crippen molar-refractivity contribution in [1.29, 1.82) is 0 Å². The van der Waals surface area contributed by atoms with Gasteiger partial charge in [-0.25, -0.2) is 0 Å². The molecule has 0 aromatic heterocycles. The van der Waals surface area contributed by atoms with Crippen molar-refractivity contribution in [2.45, 2.75) is 0 Å². The fourth-order valence-corrected chi connectivity index (χ4v) is 2.22. The molecule has 21 heavy (non-hydrogen) atoms. The third kappa shape index (κ3) is 2.83. The molecule has 1 heterocycles. The van der Waals surface area contributed by atoms with Crippen LogP contribution in [0.2, 0.25) is 5.02 Å². The first kappa shape index (κ1) is 13.5. The van der Waals surface area contributed by atoms with Crippen LogP contribution in [0.3, 0.4) is 0 Å². The summed E-state index contributed by atoms with van der Waals surface area (Å²) in [5, 5.41) is 5.81. The number of nitrogens with one attached hydrogen (secondary N) is 2. The third-order valence-corrected chi connectivity index (χ3v) is 3.32. The molecule has 106 valence electrons. The monoisotopic (exact) mass is 302 g/mol. The Bertz CT molecular complexity index is 731. The lowest BCUT2D eigenvalue weighted by Crippen LogP contribution is -2.25. The van der Waals surface area contributed by atoms with Gasteiger partial charge in [-0.15, -0.1) is 0 Å².